The highest BCUT2D eigenvalue weighted by molar-refractivity contribution is 8.14. The van der Waals surface area contributed by atoms with Gasteiger partial charge in [0.25, 0.3) is 0 Å². The van der Waals surface area contributed by atoms with Crippen LogP contribution in [0.5, 0.6) is 5.75 Å². The van der Waals surface area contributed by atoms with E-state index in [0.717, 1.165) is 42.5 Å². The standard InChI is InChI=1S/C25H29ClN6O2S/c1-2-3-14-34-20-10-4-17(5-11-20)21-15-22-24-28-29-25(31(24)12-13-32(22)30-21)35-16-23(33)27-19-8-6-18(26)7-9-19/h4-13,21-22,24,28,30H,2-3,14-16H2,1H3,(H,27,33). The summed E-state index contributed by atoms with van der Waals surface area (Å²) in [7, 11) is 0. The van der Waals surface area contributed by atoms with E-state index >= 15 is 0 Å². The zero-order valence-corrected chi connectivity index (χ0v) is 21.1. The van der Waals surface area contributed by atoms with E-state index in [-0.39, 0.29) is 29.9 Å². The van der Waals surface area contributed by atoms with Gasteiger partial charge in [0, 0.05) is 23.1 Å². The lowest BCUT2D eigenvalue weighted by Crippen LogP contribution is -2.54. The van der Waals surface area contributed by atoms with Crippen molar-refractivity contribution in [2.24, 2.45) is 5.10 Å². The number of halogens is 1. The number of amidine groups is 1. The Morgan fingerprint density at radius 1 is 1.20 bits per heavy atom. The van der Waals surface area contributed by atoms with Crippen LogP contribution in [-0.4, -0.2) is 45.6 Å². The molecule has 3 aliphatic heterocycles. The average molecular weight is 513 g/mol. The normalized spacial score (nSPS) is 22.3. The number of rotatable bonds is 8. The summed E-state index contributed by atoms with van der Waals surface area (Å²) >= 11 is 7.32. The number of anilines is 1. The lowest BCUT2D eigenvalue weighted by Gasteiger charge is -2.36. The fourth-order valence-electron chi connectivity index (χ4n) is 4.36. The summed E-state index contributed by atoms with van der Waals surface area (Å²) in [6, 6.07) is 15.9. The first-order chi connectivity index (χ1) is 17.1. The molecule has 1 amide bonds. The largest absolute Gasteiger partial charge is 0.494 e. The van der Waals surface area contributed by atoms with E-state index in [0.29, 0.717) is 5.02 Å². The number of amides is 1. The van der Waals surface area contributed by atoms with Gasteiger partial charge in [0.1, 0.15) is 11.9 Å². The minimum atomic E-state index is -0.0872. The summed E-state index contributed by atoms with van der Waals surface area (Å²) in [5.74, 6) is 1.09. The van der Waals surface area contributed by atoms with Crippen molar-refractivity contribution in [3.63, 3.8) is 0 Å². The maximum atomic E-state index is 12.4. The van der Waals surface area contributed by atoms with E-state index in [1.807, 2.05) is 24.5 Å². The quantitative estimate of drug-likeness (QED) is 0.449. The van der Waals surface area contributed by atoms with Crippen LogP contribution in [0.25, 0.3) is 0 Å². The number of hydrogen-bond donors (Lipinski definition) is 3. The second-order valence-corrected chi connectivity index (χ2v) is 10.1. The lowest BCUT2D eigenvalue weighted by atomic mass is 10.00. The molecule has 8 nitrogen and oxygen atoms in total. The molecule has 3 heterocycles. The first-order valence-electron chi connectivity index (χ1n) is 11.9. The summed E-state index contributed by atoms with van der Waals surface area (Å²) in [5, 5.41) is 11.0. The van der Waals surface area contributed by atoms with E-state index < -0.39 is 0 Å². The van der Waals surface area contributed by atoms with Crippen molar-refractivity contribution in [3.05, 3.63) is 71.5 Å². The van der Waals surface area contributed by atoms with Crippen molar-refractivity contribution < 1.29 is 9.53 Å². The summed E-state index contributed by atoms with van der Waals surface area (Å²) in [4.78, 5) is 14.5. The van der Waals surface area contributed by atoms with Crippen LogP contribution in [0.15, 0.2) is 66.0 Å². The molecule has 2 aromatic carbocycles. The third-order valence-electron chi connectivity index (χ3n) is 6.21. The van der Waals surface area contributed by atoms with E-state index in [1.54, 1.807) is 24.3 Å². The molecule has 0 saturated carbocycles. The Labute approximate surface area is 214 Å². The third-order valence-corrected chi connectivity index (χ3v) is 7.43. The molecule has 3 aliphatic rings. The van der Waals surface area contributed by atoms with Gasteiger partial charge in [-0.2, -0.15) is 5.10 Å². The maximum absolute atomic E-state index is 12.4. The zero-order chi connectivity index (χ0) is 24.2. The van der Waals surface area contributed by atoms with Crippen LogP contribution in [0.1, 0.15) is 37.8 Å². The van der Waals surface area contributed by atoms with Gasteiger partial charge in [0.2, 0.25) is 5.91 Å². The molecule has 184 valence electrons. The van der Waals surface area contributed by atoms with Crippen molar-refractivity contribution in [1.82, 2.24) is 20.8 Å². The number of hydrazone groups is 1. The van der Waals surface area contributed by atoms with Crippen LogP contribution in [0, 0.1) is 0 Å². The van der Waals surface area contributed by atoms with Crippen LogP contribution >= 0.6 is 23.4 Å². The number of unbranched alkanes of at least 4 members (excludes halogenated alkanes) is 1. The summed E-state index contributed by atoms with van der Waals surface area (Å²) in [6.07, 6.45) is 7.18. The van der Waals surface area contributed by atoms with Gasteiger partial charge in [-0.05, 0) is 54.8 Å². The Balaban J connectivity index is 1.14. The monoisotopic (exact) mass is 512 g/mol. The summed E-state index contributed by atoms with van der Waals surface area (Å²) in [5.41, 5.74) is 8.82. The molecule has 0 aromatic heterocycles. The van der Waals surface area contributed by atoms with Crippen molar-refractivity contribution in [1.29, 1.82) is 0 Å². The molecule has 1 saturated heterocycles. The zero-order valence-electron chi connectivity index (χ0n) is 19.5. The molecule has 3 atom stereocenters. The van der Waals surface area contributed by atoms with E-state index in [4.69, 9.17) is 16.3 Å². The van der Waals surface area contributed by atoms with Crippen LogP contribution in [0.4, 0.5) is 5.69 Å². The van der Waals surface area contributed by atoms with Crippen LogP contribution in [-0.2, 0) is 4.79 Å². The molecule has 0 radical (unpaired) electrons. The van der Waals surface area contributed by atoms with Gasteiger partial charge in [-0.3, -0.25) is 10.2 Å². The van der Waals surface area contributed by atoms with Gasteiger partial charge in [0.15, 0.2) is 5.17 Å². The molecular weight excluding hydrogens is 484 g/mol. The van der Waals surface area contributed by atoms with Crippen LogP contribution < -0.4 is 20.9 Å². The molecule has 3 N–H and O–H groups in total. The van der Waals surface area contributed by atoms with Gasteiger partial charge in [0.05, 0.1) is 24.4 Å². The number of carbonyl (C=O) groups is 1. The fraction of sp³-hybridized carbons (Fsp3) is 0.360. The van der Waals surface area contributed by atoms with Crippen molar-refractivity contribution >= 4 is 40.1 Å². The molecule has 35 heavy (non-hydrogen) atoms. The van der Waals surface area contributed by atoms with E-state index in [1.165, 1.54) is 17.3 Å². The van der Waals surface area contributed by atoms with Gasteiger partial charge in [-0.25, -0.2) is 5.43 Å². The Morgan fingerprint density at radius 3 is 2.77 bits per heavy atom. The molecule has 1 fully saturated rings. The Hall–Kier alpha value is -2.88. The summed E-state index contributed by atoms with van der Waals surface area (Å²) in [6.45, 7) is 2.92. The Bertz CT molecular complexity index is 1090. The number of ether oxygens (including phenoxy) is 1. The SMILES string of the molecule is CCCCOc1ccc(C2CC3C4NN=C(SCC(=O)Nc5ccc(Cl)cc5)N4C=CN3N2)cc1. The van der Waals surface area contributed by atoms with Gasteiger partial charge in [-0.1, -0.05) is 48.8 Å². The fourth-order valence-corrected chi connectivity index (χ4v) is 5.26. The number of hydrogen-bond acceptors (Lipinski definition) is 8. The molecule has 0 spiro atoms. The average Bonchev–Trinajstić information content (AvgIpc) is 3.49. The predicted molar refractivity (Wildman–Crippen MR) is 141 cm³/mol. The van der Waals surface area contributed by atoms with Gasteiger partial charge in [-0.15, -0.1) is 0 Å². The van der Waals surface area contributed by atoms with Gasteiger partial charge < -0.3 is 20.0 Å². The highest BCUT2D eigenvalue weighted by Crippen LogP contribution is 2.35. The number of hydrazine groups is 1. The van der Waals surface area contributed by atoms with Crippen LogP contribution in [0.2, 0.25) is 5.02 Å². The van der Waals surface area contributed by atoms with Crippen molar-refractivity contribution in [2.75, 3.05) is 17.7 Å². The topological polar surface area (TPSA) is 81.2 Å². The second kappa shape index (κ2) is 10.8. The number of thioether (sulfide) groups is 1. The summed E-state index contributed by atoms with van der Waals surface area (Å²) < 4.78 is 5.79. The predicted octanol–water partition coefficient (Wildman–Crippen LogP) is 4.50. The number of nitrogens with one attached hydrogen (secondary N) is 3. The maximum Gasteiger partial charge on any atom is 0.234 e. The second-order valence-electron chi connectivity index (χ2n) is 8.68. The van der Waals surface area contributed by atoms with Gasteiger partial charge >= 0.3 is 0 Å². The van der Waals surface area contributed by atoms with Crippen molar-refractivity contribution in [3.8, 4) is 5.75 Å². The van der Waals surface area contributed by atoms with E-state index in [9.17, 15) is 4.79 Å². The molecule has 10 heteroatoms. The molecule has 0 aliphatic carbocycles. The highest BCUT2D eigenvalue weighted by Gasteiger charge is 2.44. The number of carbonyl (C=O) groups excluding carboxylic acids is 1. The third kappa shape index (κ3) is 5.52. The first kappa shape index (κ1) is 23.8. The molecule has 3 unspecified atom stereocenters. The molecule has 0 bridgehead atoms. The first-order valence-corrected chi connectivity index (χ1v) is 13.2. The highest BCUT2D eigenvalue weighted by atomic mass is 35.5. The number of fused-ring (bicyclic) bond motifs is 3. The van der Waals surface area contributed by atoms with E-state index in [2.05, 4.69) is 50.2 Å². The molecule has 2 aromatic rings. The minimum Gasteiger partial charge on any atom is -0.494 e. The Morgan fingerprint density at radius 2 is 2.00 bits per heavy atom. The number of benzene rings is 2. The van der Waals surface area contributed by atoms with Crippen molar-refractivity contribution in [2.45, 2.75) is 44.4 Å². The Kier molecular flexibility index (Phi) is 7.36. The lowest BCUT2D eigenvalue weighted by molar-refractivity contribution is -0.113. The smallest absolute Gasteiger partial charge is 0.234 e. The van der Waals surface area contributed by atoms with Crippen LogP contribution in [0.3, 0.4) is 0 Å². The molecular formula is C25H29ClN6O2S. The number of nitrogens with zero attached hydrogens (tertiary/aromatic N) is 3. The minimum absolute atomic E-state index is 0.0102. The molecule has 5 rings (SSSR count).